The molecule has 0 saturated carbocycles. The largest absolute Gasteiger partial charge is 0.573 e. The predicted octanol–water partition coefficient (Wildman–Crippen LogP) is 3.74. The van der Waals surface area contributed by atoms with Crippen LogP contribution < -0.4 is 10.1 Å². The molecule has 0 aliphatic heterocycles. The van der Waals surface area contributed by atoms with Gasteiger partial charge in [-0.3, -0.25) is 4.79 Å². The summed E-state index contributed by atoms with van der Waals surface area (Å²) in [5.74, 6) is -2.16. The number of hydrogen-bond acceptors (Lipinski definition) is 6. The first-order valence-corrected chi connectivity index (χ1v) is 9.64. The van der Waals surface area contributed by atoms with E-state index < -0.39 is 30.6 Å². The van der Waals surface area contributed by atoms with Crippen molar-refractivity contribution >= 4 is 23.6 Å². The van der Waals surface area contributed by atoms with Crippen LogP contribution in [0.2, 0.25) is 0 Å². The minimum atomic E-state index is -4.82. The van der Waals surface area contributed by atoms with Crippen LogP contribution in [0, 0.1) is 25.2 Å². The van der Waals surface area contributed by atoms with E-state index >= 15 is 0 Å². The monoisotopic (exact) mass is 465 g/mol. The Hall–Kier alpha value is -3.78. The number of carbonyl (C=O) groups excluding carboxylic acids is 2. The van der Waals surface area contributed by atoms with Gasteiger partial charge in [0.05, 0.1) is 6.61 Å². The highest BCUT2D eigenvalue weighted by molar-refractivity contribution is 6.00. The molecular weight excluding hydrogens is 443 g/mol. The van der Waals surface area contributed by atoms with Crippen molar-refractivity contribution in [2.24, 2.45) is 0 Å². The van der Waals surface area contributed by atoms with E-state index in [0.717, 1.165) is 23.5 Å². The average Bonchev–Trinajstić information content (AvgIpc) is 3.01. The highest BCUT2D eigenvalue weighted by atomic mass is 19.4. The highest BCUT2D eigenvalue weighted by Crippen LogP contribution is 2.24. The fourth-order valence-electron chi connectivity index (χ4n) is 2.94. The Balaban J connectivity index is 1.97. The molecule has 1 aromatic carbocycles. The first-order valence-electron chi connectivity index (χ1n) is 9.64. The molecule has 0 atom stereocenters. The number of nitrogens with one attached hydrogen (secondary N) is 1. The standard InChI is InChI=1S/C22H22F3N3O5/c1-14-10-16(15(2)28(14)8-9-31-3)11-17(12-26)21(30)32-13-20(29)27-18-4-6-19(7-5-18)33-22(23,24)25/h4-7,10-11H,8-9,13H2,1-3H3,(H,27,29). The molecule has 8 nitrogen and oxygen atoms in total. The summed E-state index contributed by atoms with van der Waals surface area (Å²) < 4.78 is 52.2. The molecule has 1 aromatic heterocycles. The summed E-state index contributed by atoms with van der Waals surface area (Å²) in [5, 5.41) is 11.7. The smallest absolute Gasteiger partial charge is 0.451 e. The molecule has 0 aliphatic rings. The van der Waals surface area contributed by atoms with Gasteiger partial charge < -0.3 is 24.1 Å². The van der Waals surface area contributed by atoms with Crippen molar-refractivity contribution < 1.29 is 37.0 Å². The number of nitriles is 1. The number of benzene rings is 1. The molecular formula is C22H22F3N3O5. The Morgan fingerprint density at radius 1 is 1.21 bits per heavy atom. The molecule has 1 N–H and O–H groups in total. The Morgan fingerprint density at radius 3 is 2.45 bits per heavy atom. The van der Waals surface area contributed by atoms with Gasteiger partial charge in [0.2, 0.25) is 0 Å². The summed E-state index contributed by atoms with van der Waals surface area (Å²) in [6, 6.07) is 8.01. The summed E-state index contributed by atoms with van der Waals surface area (Å²) >= 11 is 0. The summed E-state index contributed by atoms with van der Waals surface area (Å²) in [6.45, 7) is 4.15. The van der Waals surface area contributed by atoms with Gasteiger partial charge in [-0.25, -0.2) is 4.79 Å². The molecule has 1 amide bonds. The first-order chi connectivity index (χ1) is 15.5. The van der Waals surface area contributed by atoms with Gasteiger partial charge in [-0.15, -0.1) is 13.2 Å². The maximum atomic E-state index is 12.2. The molecule has 0 unspecified atom stereocenters. The lowest BCUT2D eigenvalue weighted by molar-refractivity contribution is -0.274. The number of hydrogen-bond donors (Lipinski definition) is 1. The van der Waals surface area contributed by atoms with Crippen LogP contribution in [-0.2, 0) is 25.6 Å². The van der Waals surface area contributed by atoms with E-state index in [-0.39, 0.29) is 11.3 Å². The second-order valence-corrected chi connectivity index (χ2v) is 6.84. The first kappa shape index (κ1) is 25.5. The van der Waals surface area contributed by atoms with E-state index in [9.17, 15) is 28.0 Å². The number of rotatable bonds is 9. The minimum Gasteiger partial charge on any atom is -0.451 e. The van der Waals surface area contributed by atoms with Crippen molar-refractivity contribution in [3.05, 3.63) is 52.9 Å². The second-order valence-electron chi connectivity index (χ2n) is 6.84. The van der Waals surface area contributed by atoms with Gasteiger partial charge in [0.1, 0.15) is 17.4 Å². The third-order valence-corrected chi connectivity index (χ3v) is 4.48. The lowest BCUT2D eigenvalue weighted by Crippen LogP contribution is -2.21. The lowest BCUT2D eigenvalue weighted by Gasteiger charge is -2.10. The van der Waals surface area contributed by atoms with Crippen LogP contribution in [0.1, 0.15) is 17.0 Å². The minimum absolute atomic E-state index is 0.171. The number of ether oxygens (including phenoxy) is 3. The summed E-state index contributed by atoms with van der Waals surface area (Å²) in [7, 11) is 1.59. The Bertz CT molecular complexity index is 1070. The summed E-state index contributed by atoms with van der Waals surface area (Å²) in [6.07, 6.45) is -3.44. The normalized spacial score (nSPS) is 11.6. The highest BCUT2D eigenvalue weighted by Gasteiger charge is 2.31. The van der Waals surface area contributed by atoms with Gasteiger partial charge >= 0.3 is 12.3 Å². The number of amides is 1. The number of alkyl halides is 3. The Kier molecular flexibility index (Phi) is 8.64. The third kappa shape index (κ3) is 7.69. The van der Waals surface area contributed by atoms with Gasteiger partial charge in [-0.2, -0.15) is 5.26 Å². The second kappa shape index (κ2) is 11.2. The molecule has 0 fully saturated rings. The number of aryl methyl sites for hydroxylation is 1. The number of methoxy groups -OCH3 is 1. The quantitative estimate of drug-likeness (QED) is 0.344. The Labute approximate surface area is 188 Å². The maximum Gasteiger partial charge on any atom is 0.573 e. The molecule has 0 spiro atoms. The number of anilines is 1. The number of carbonyl (C=O) groups is 2. The number of aromatic nitrogens is 1. The molecule has 176 valence electrons. The van der Waals surface area contributed by atoms with Crippen molar-refractivity contribution in [1.29, 1.82) is 5.26 Å². The molecule has 33 heavy (non-hydrogen) atoms. The van der Waals surface area contributed by atoms with E-state index in [1.54, 1.807) is 13.2 Å². The zero-order valence-corrected chi connectivity index (χ0v) is 18.2. The van der Waals surface area contributed by atoms with Gasteiger partial charge in [0.25, 0.3) is 5.91 Å². The van der Waals surface area contributed by atoms with Crippen LogP contribution >= 0.6 is 0 Å². The third-order valence-electron chi connectivity index (χ3n) is 4.48. The van der Waals surface area contributed by atoms with Gasteiger partial charge in [-0.05, 0) is 55.8 Å². The zero-order chi connectivity index (χ0) is 24.6. The van der Waals surface area contributed by atoms with E-state index in [0.29, 0.717) is 18.7 Å². The molecule has 0 radical (unpaired) electrons. The van der Waals surface area contributed by atoms with E-state index in [4.69, 9.17) is 9.47 Å². The van der Waals surface area contributed by atoms with E-state index in [1.807, 2.05) is 24.5 Å². The van der Waals surface area contributed by atoms with Gasteiger partial charge in [0, 0.05) is 30.7 Å². The van der Waals surface area contributed by atoms with Crippen LogP contribution in [0.15, 0.2) is 35.9 Å². The fraction of sp³-hybridized carbons (Fsp3) is 0.318. The van der Waals surface area contributed by atoms with Crippen LogP contribution in [0.25, 0.3) is 6.08 Å². The summed E-state index contributed by atoms with van der Waals surface area (Å²) in [5.41, 5.74) is 2.30. The van der Waals surface area contributed by atoms with Crippen LogP contribution in [0.4, 0.5) is 18.9 Å². The molecule has 2 aromatic rings. The molecule has 2 rings (SSSR count). The van der Waals surface area contributed by atoms with Crippen molar-refractivity contribution in [3.63, 3.8) is 0 Å². The molecule has 0 saturated heterocycles. The molecule has 1 heterocycles. The van der Waals surface area contributed by atoms with Crippen LogP contribution in [0.3, 0.4) is 0 Å². The van der Waals surface area contributed by atoms with Crippen LogP contribution in [0.5, 0.6) is 5.75 Å². The zero-order valence-electron chi connectivity index (χ0n) is 18.2. The van der Waals surface area contributed by atoms with Crippen molar-refractivity contribution in [3.8, 4) is 11.8 Å². The van der Waals surface area contributed by atoms with Crippen molar-refractivity contribution in [2.45, 2.75) is 26.8 Å². The fourth-order valence-corrected chi connectivity index (χ4v) is 2.94. The number of nitrogens with zero attached hydrogens (tertiary/aromatic N) is 2. The van der Waals surface area contributed by atoms with E-state index in [1.165, 1.54) is 18.2 Å². The Morgan fingerprint density at radius 2 is 1.88 bits per heavy atom. The SMILES string of the molecule is COCCn1c(C)cc(C=C(C#N)C(=O)OCC(=O)Nc2ccc(OC(F)(F)F)cc2)c1C. The number of esters is 1. The maximum absolute atomic E-state index is 12.2. The van der Waals surface area contributed by atoms with Crippen LogP contribution in [-0.4, -0.2) is 43.1 Å². The van der Waals surface area contributed by atoms with Gasteiger partial charge in [-0.1, -0.05) is 0 Å². The molecule has 0 bridgehead atoms. The topological polar surface area (TPSA) is 103 Å². The number of halogens is 3. The molecule has 11 heteroatoms. The van der Waals surface area contributed by atoms with E-state index in [2.05, 4.69) is 10.1 Å². The summed E-state index contributed by atoms with van der Waals surface area (Å²) in [4.78, 5) is 24.2. The van der Waals surface area contributed by atoms with Crippen molar-refractivity contribution in [2.75, 3.05) is 25.6 Å². The predicted molar refractivity (Wildman–Crippen MR) is 112 cm³/mol. The van der Waals surface area contributed by atoms with Gasteiger partial charge in [0.15, 0.2) is 6.61 Å². The molecule has 0 aliphatic carbocycles. The van der Waals surface area contributed by atoms with Crippen molar-refractivity contribution in [1.82, 2.24) is 4.57 Å². The lowest BCUT2D eigenvalue weighted by atomic mass is 10.1. The average molecular weight is 465 g/mol.